The second kappa shape index (κ2) is 8.47. The van der Waals surface area contributed by atoms with Gasteiger partial charge < -0.3 is 9.64 Å². The molecule has 2 rings (SSSR count). The van der Waals surface area contributed by atoms with Gasteiger partial charge in [-0.15, -0.1) is 0 Å². The molecule has 1 aliphatic carbocycles. The van der Waals surface area contributed by atoms with Crippen LogP contribution < -0.4 is 11.3 Å². The van der Waals surface area contributed by atoms with Gasteiger partial charge in [0.25, 0.3) is 0 Å². The van der Waals surface area contributed by atoms with Gasteiger partial charge in [-0.2, -0.15) is 0 Å². The summed E-state index contributed by atoms with van der Waals surface area (Å²) in [6.45, 7) is 5.46. The smallest absolute Gasteiger partial charge is 0.208 e. The van der Waals surface area contributed by atoms with Crippen molar-refractivity contribution < 1.29 is 4.74 Å². The minimum atomic E-state index is 0.652. The van der Waals surface area contributed by atoms with Gasteiger partial charge in [-0.25, -0.2) is 5.84 Å². The molecule has 2 fully saturated rings. The summed E-state index contributed by atoms with van der Waals surface area (Å²) in [5.41, 5.74) is 2.83. The molecule has 1 aliphatic heterocycles. The fourth-order valence-electron chi connectivity index (χ4n) is 3.60. The van der Waals surface area contributed by atoms with Crippen molar-refractivity contribution in [3.63, 3.8) is 0 Å². The van der Waals surface area contributed by atoms with E-state index < -0.39 is 0 Å². The van der Waals surface area contributed by atoms with Crippen LogP contribution in [0.3, 0.4) is 0 Å². The van der Waals surface area contributed by atoms with Crippen LogP contribution in [0.1, 0.15) is 51.9 Å². The summed E-state index contributed by atoms with van der Waals surface area (Å²) in [5, 5.41) is 0. The van der Waals surface area contributed by atoms with Crippen LogP contribution in [0.15, 0.2) is 4.99 Å². The lowest BCUT2D eigenvalue weighted by Gasteiger charge is -2.45. The van der Waals surface area contributed by atoms with Crippen LogP contribution in [0.4, 0.5) is 0 Å². The second-order valence-electron chi connectivity index (χ2n) is 5.85. The molecule has 0 aromatic heterocycles. The highest BCUT2D eigenvalue weighted by atomic mass is 16.5. The number of nitrogens with one attached hydrogen (secondary N) is 1. The summed E-state index contributed by atoms with van der Waals surface area (Å²) < 4.78 is 5.35. The fraction of sp³-hybridized carbons (Fsp3) is 0.933. The Morgan fingerprint density at radius 2 is 2.10 bits per heavy atom. The summed E-state index contributed by atoms with van der Waals surface area (Å²) >= 11 is 0. The Hall–Kier alpha value is -0.810. The zero-order valence-corrected chi connectivity index (χ0v) is 12.8. The molecule has 1 saturated carbocycles. The van der Waals surface area contributed by atoms with E-state index in [4.69, 9.17) is 10.6 Å². The van der Waals surface area contributed by atoms with Crippen molar-refractivity contribution in [1.82, 2.24) is 10.3 Å². The molecule has 5 heteroatoms. The number of fused-ring (bicyclic) bond motifs is 1. The maximum atomic E-state index is 5.71. The Balaban J connectivity index is 1.89. The predicted molar refractivity (Wildman–Crippen MR) is 82.4 cm³/mol. The van der Waals surface area contributed by atoms with Crippen molar-refractivity contribution in [2.75, 3.05) is 26.3 Å². The van der Waals surface area contributed by atoms with E-state index in [1.54, 1.807) is 0 Å². The number of hydrogen-bond donors (Lipinski definition) is 2. The Labute approximate surface area is 122 Å². The minimum Gasteiger partial charge on any atom is -0.382 e. The van der Waals surface area contributed by atoms with E-state index in [9.17, 15) is 0 Å². The average molecular weight is 282 g/mol. The zero-order chi connectivity index (χ0) is 14.2. The Bertz CT molecular complexity index is 306. The molecule has 0 radical (unpaired) electrons. The summed E-state index contributed by atoms with van der Waals surface area (Å²) in [7, 11) is 0. The zero-order valence-electron chi connectivity index (χ0n) is 12.8. The number of piperidine rings is 1. The van der Waals surface area contributed by atoms with Gasteiger partial charge in [-0.05, 0) is 44.9 Å². The second-order valence-corrected chi connectivity index (χ2v) is 5.85. The molecule has 0 amide bonds. The normalized spacial score (nSPS) is 27.3. The topological polar surface area (TPSA) is 62.9 Å². The molecule has 0 aromatic carbocycles. The van der Waals surface area contributed by atoms with Crippen LogP contribution >= 0.6 is 0 Å². The van der Waals surface area contributed by atoms with Crippen LogP contribution in [-0.2, 0) is 4.74 Å². The number of rotatable bonds is 5. The monoisotopic (exact) mass is 282 g/mol. The molecule has 2 atom stereocenters. The SMILES string of the molecule is CCOCCCN=C(NN)N1CCCC2CCCCC21. The van der Waals surface area contributed by atoms with Crippen molar-refractivity contribution in [1.29, 1.82) is 0 Å². The van der Waals surface area contributed by atoms with Gasteiger partial charge in [0.2, 0.25) is 5.96 Å². The molecule has 0 aromatic rings. The highest BCUT2D eigenvalue weighted by Gasteiger charge is 2.34. The summed E-state index contributed by atoms with van der Waals surface area (Å²) in [6, 6.07) is 0.652. The fourth-order valence-corrected chi connectivity index (χ4v) is 3.60. The predicted octanol–water partition coefficient (Wildman–Crippen LogP) is 1.89. The van der Waals surface area contributed by atoms with E-state index in [-0.39, 0.29) is 0 Å². The van der Waals surface area contributed by atoms with Crippen LogP contribution in [-0.4, -0.2) is 43.2 Å². The maximum Gasteiger partial charge on any atom is 0.208 e. The first kappa shape index (κ1) is 15.6. The standard InChI is InChI=1S/C15H30N4O/c1-2-20-12-6-10-17-15(18-16)19-11-5-8-13-7-3-4-9-14(13)19/h13-14H,2-12,16H2,1H3,(H,17,18). The average Bonchev–Trinajstić information content (AvgIpc) is 2.51. The molecule has 0 bridgehead atoms. The van der Waals surface area contributed by atoms with Crippen molar-refractivity contribution >= 4 is 5.96 Å². The number of hydrogen-bond acceptors (Lipinski definition) is 3. The molecule has 1 saturated heterocycles. The lowest BCUT2D eigenvalue weighted by Crippen LogP contribution is -2.55. The van der Waals surface area contributed by atoms with Gasteiger partial charge in [-0.3, -0.25) is 10.4 Å². The molecule has 3 N–H and O–H groups in total. The third kappa shape index (κ3) is 4.09. The molecule has 2 unspecified atom stereocenters. The van der Waals surface area contributed by atoms with E-state index >= 15 is 0 Å². The number of hydrazine groups is 1. The van der Waals surface area contributed by atoms with E-state index in [1.165, 1.54) is 38.5 Å². The molecule has 1 heterocycles. The van der Waals surface area contributed by atoms with Crippen molar-refractivity contribution in [3.8, 4) is 0 Å². The Kier molecular flexibility index (Phi) is 6.60. The van der Waals surface area contributed by atoms with Gasteiger partial charge in [0.1, 0.15) is 0 Å². The van der Waals surface area contributed by atoms with Crippen LogP contribution in [0, 0.1) is 5.92 Å². The number of nitrogens with two attached hydrogens (primary N) is 1. The lowest BCUT2D eigenvalue weighted by atomic mass is 9.78. The highest BCUT2D eigenvalue weighted by Crippen LogP contribution is 2.35. The molecular formula is C15H30N4O. The number of guanidine groups is 1. The molecule has 20 heavy (non-hydrogen) atoms. The summed E-state index contributed by atoms with van der Waals surface area (Å²) in [6.07, 6.45) is 9.02. The summed E-state index contributed by atoms with van der Waals surface area (Å²) in [4.78, 5) is 7.08. The molecule has 5 nitrogen and oxygen atoms in total. The first-order chi connectivity index (χ1) is 9.86. The Morgan fingerprint density at radius 3 is 2.90 bits per heavy atom. The van der Waals surface area contributed by atoms with Gasteiger partial charge >= 0.3 is 0 Å². The molecule has 116 valence electrons. The van der Waals surface area contributed by atoms with Crippen LogP contribution in [0.25, 0.3) is 0 Å². The number of nitrogens with zero attached hydrogens (tertiary/aromatic N) is 2. The number of ether oxygens (including phenoxy) is 1. The van der Waals surface area contributed by atoms with Crippen molar-refractivity contribution in [2.24, 2.45) is 16.8 Å². The van der Waals surface area contributed by atoms with Gasteiger partial charge in [-0.1, -0.05) is 12.8 Å². The summed E-state index contributed by atoms with van der Waals surface area (Å²) in [5.74, 6) is 7.45. The first-order valence-corrected chi connectivity index (χ1v) is 8.22. The quantitative estimate of drug-likeness (QED) is 0.266. The largest absolute Gasteiger partial charge is 0.382 e. The maximum absolute atomic E-state index is 5.71. The lowest BCUT2D eigenvalue weighted by molar-refractivity contribution is 0.115. The third-order valence-electron chi connectivity index (χ3n) is 4.56. The number of likely N-dealkylation sites (tertiary alicyclic amines) is 1. The van der Waals surface area contributed by atoms with Gasteiger partial charge in [0.05, 0.1) is 0 Å². The molecule has 2 aliphatic rings. The molecule has 0 spiro atoms. The van der Waals surface area contributed by atoms with E-state index in [2.05, 4.69) is 15.3 Å². The van der Waals surface area contributed by atoms with Crippen LogP contribution in [0.5, 0.6) is 0 Å². The number of aliphatic imine (C=N–C) groups is 1. The Morgan fingerprint density at radius 1 is 1.30 bits per heavy atom. The van der Waals surface area contributed by atoms with E-state index in [1.807, 2.05) is 6.92 Å². The third-order valence-corrected chi connectivity index (χ3v) is 4.56. The van der Waals surface area contributed by atoms with Gasteiger partial charge in [0.15, 0.2) is 0 Å². The van der Waals surface area contributed by atoms with Crippen molar-refractivity contribution in [2.45, 2.75) is 57.9 Å². The highest BCUT2D eigenvalue weighted by molar-refractivity contribution is 5.79. The first-order valence-electron chi connectivity index (χ1n) is 8.22. The van der Waals surface area contributed by atoms with Crippen LogP contribution in [0.2, 0.25) is 0 Å². The van der Waals surface area contributed by atoms with Gasteiger partial charge in [0, 0.05) is 32.3 Å². The van der Waals surface area contributed by atoms with E-state index in [0.29, 0.717) is 6.04 Å². The van der Waals surface area contributed by atoms with Crippen molar-refractivity contribution in [3.05, 3.63) is 0 Å². The molecular weight excluding hydrogens is 252 g/mol. The minimum absolute atomic E-state index is 0.652. The van der Waals surface area contributed by atoms with E-state index in [0.717, 1.165) is 44.6 Å².